The van der Waals surface area contributed by atoms with Crippen molar-refractivity contribution in [1.82, 2.24) is 20.0 Å². The largest absolute Gasteiger partial charge is 0.497 e. The summed E-state index contributed by atoms with van der Waals surface area (Å²) in [6.07, 6.45) is 0.851. The minimum atomic E-state index is -0.0976. The van der Waals surface area contributed by atoms with Crippen molar-refractivity contribution in [2.75, 3.05) is 20.2 Å². The van der Waals surface area contributed by atoms with Gasteiger partial charge in [0.15, 0.2) is 0 Å². The van der Waals surface area contributed by atoms with Crippen LogP contribution in [0.25, 0.3) is 11.3 Å². The third-order valence-electron chi connectivity index (χ3n) is 4.85. The molecule has 0 atom stereocenters. The molecule has 2 amide bonds. The summed E-state index contributed by atoms with van der Waals surface area (Å²) in [6, 6.07) is 17.3. The Hall–Kier alpha value is -3.48. The third kappa shape index (κ3) is 5.36. The average Bonchev–Trinajstić information content (AvgIpc) is 3.09. The number of hydrogen-bond acceptors (Lipinski definition) is 4. The van der Waals surface area contributed by atoms with Crippen molar-refractivity contribution in [3.63, 3.8) is 0 Å². The molecule has 31 heavy (non-hydrogen) atoms. The van der Waals surface area contributed by atoms with Crippen LogP contribution in [-0.4, -0.2) is 40.9 Å². The molecule has 7 nitrogen and oxygen atoms in total. The fourth-order valence-electron chi connectivity index (χ4n) is 3.40. The zero-order chi connectivity index (χ0) is 22.2. The molecule has 0 saturated heterocycles. The van der Waals surface area contributed by atoms with Crippen LogP contribution in [-0.2, 0) is 13.6 Å². The molecule has 3 rings (SSSR count). The van der Waals surface area contributed by atoms with Crippen molar-refractivity contribution in [1.29, 1.82) is 0 Å². The van der Waals surface area contributed by atoms with E-state index in [9.17, 15) is 4.79 Å². The zero-order valence-electron chi connectivity index (χ0n) is 18.6. The summed E-state index contributed by atoms with van der Waals surface area (Å²) in [5.74, 6) is 1.94. The van der Waals surface area contributed by atoms with E-state index in [4.69, 9.17) is 14.6 Å². The Morgan fingerprint density at radius 3 is 2.52 bits per heavy atom. The summed E-state index contributed by atoms with van der Waals surface area (Å²) in [7, 11) is 3.47. The molecule has 0 unspecified atom stereocenters. The maximum absolute atomic E-state index is 12.7. The van der Waals surface area contributed by atoms with Gasteiger partial charge in [0.2, 0.25) is 5.88 Å². The van der Waals surface area contributed by atoms with Crippen LogP contribution in [0.2, 0.25) is 0 Å². The molecule has 1 heterocycles. The van der Waals surface area contributed by atoms with E-state index in [1.807, 2.05) is 68.6 Å². The highest BCUT2D eigenvalue weighted by molar-refractivity contribution is 5.75. The predicted molar refractivity (Wildman–Crippen MR) is 121 cm³/mol. The van der Waals surface area contributed by atoms with Gasteiger partial charge in [-0.1, -0.05) is 43.3 Å². The molecule has 0 aliphatic rings. The summed E-state index contributed by atoms with van der Waals surface area (Å²) in [5, 5.41) is 7.64. The number of ether oxygens (including phenoxy) is 2. The Labute approximate surface area is 183 Å². The van der Waals surface area contributed by atoms with Crippen molar-refractivity contribution in [2.24, 2.45) is 7.05 Å². The lowest BCUT2D eigenvalue weighted by molar-refractivity contribution is 0.195. The Kier molecular flexibility index (Phi) is 7.54. The molecular formula is C24H30N4O3. The van der Waals surface area contributed by atoms with Crippen molar-refractivity contribution in [3.8, 4) is 28.6 Å². The molecule has 0 aliphatic heterocycles. The summed E-state index contributed by atoms with van der Waals surface area (Å²) in [6.45, 7) is 5.56. The molecule has 0 spiro atoms. The van der Waals surface area contributed by atoms with Gasteiger partial charge in [-0.05, 0) is 25.5 Å². The second-order valence-corrected chi connectivity index (χ2v) is 7.16. The Morgan fingerprint density at radius 1 is 1.10 bits per heavy atom. The minimum Gasteiger partial charge on any atom is -0.497 e. The van der Waals surface area contributed by atoms with E-state index in [-0.39, 0.29) is 6.03 Å². The maximum atomic E-state index is 12.7. The number of nitrogens with one attached hydrogen (secondary N) is 1. The van der Waals surface area contributed by atoms with Gasteiger partial charge < -0.3 is 19.7 Å². The SMILES string of the molecule is CCCN(Cc1c(-c2ccccc2)nn(C)c1Oc1cccc(OC)c1)C(=O)NCC. The standard InChI is InChI=1S/C24H30N4O3/c1-5-15-28(24(29)25-6-2)17-21-22(18-11-8-7-9-12-18)26-27(3)23(21)31-20-14-10-13-19(16-20)30-4/h7-14,16H,5-6,15,17H2,1-4H3,(H,25,29). The highest BCUT2D eigenvalue weighted by Crippen LogP contribution is 2.35. The van der Waals surface area contributed by atoms with Gasteiger partial charge in [0.05, 0.1) is 19.2 Å². The number of nitrogens with zero attached hydrogens (tertiary/aromatic N) is 3. The molecule has 0 bridgehead atoms. The minimum absolute atomic E-state index is 0.0976. The summed E-state index contributed by atoms with van der Waals surface area (Å²) >= 11 is 0. The third-order valence-corrected chi connectivity index (χ3v) is 4.85. The lowest BCUT2D eigenvalue weighted by atomic mass is 10.1. The Bertz CT molecular complexity index is 1000. The second-order valence-electron chi connectivity index (χ2n) is 7.16. The molecule has 0 radical (unpaired) electrons. The van der Waals surface area contributed by atoms with E-state index in [0.717, 1.165) is 23.2 Å². The molecule has 0 fully saturated rings. The fraction of sp³-hybridized carbons (Fsp3) is 0.333. The van der Waals surface area contributed by atoms with Crippen LogP contribution < -0.4 is 14.8 Å². The number of benzene rings is 2. The van der Waals surface area contributed by atoms with Crippen LogP contribution in [0.1, 0.15) is 25.8 Å². The summed E-state index contributed by atoms with van der Waals surface area (Å²) < 4.78 is 13.3. The van der Waals surface area contributed by atoms with Crippen molar-refractivity contribution in [2.45, 2.75) is 26.8 Å². The molecule has 0 aliphatic carbocycles. The normalized spacial score (nSPS) is 10.6. The zero-order valence-corrected chi connectivity index (χ0v) is 18.6. The number of aryl methyl sites for hydroxylation is 1. The van der Waals surface area contributed by atoms with Crippen LogP contribution in [0.4, 0.5) is 4.79 Å². The topological polar surface area (TPSA) is 68.6 Å². The molecule has 3 aromatic rings. The first kappa shape index (κ1) is 22.2. The highest BCUT2D eigenvalue weighted by atomic mass is 16.5. The van der Waals surface area contributed by atoms with Gasteiger partial charge in [-0.2, -0.15) is 5.10 Å². The van der Waals surface area contributed by atoms with Gasteiger partial charge in [0.1, 0.15) is 17.2 Å². The smallest absolute Gasteiger partial charge is 0.317 e. The number of urea groups is 1. The van der Waals surface area contributed by atoms with E-state index in [2.05, 4.69) is 12.2 Å². The van der Waals surface area contributed by atoms with Crippen molar-refractivity contribution in [3.05, 3.63) is 60.2 Å². The van der Waals surface area contributed by atoms with E-state index in [1.54, 1.807) is 16.7 Å². The van der Waals surface area contributed by atoms with Gasteiger partial charge in [0, 0.05) is 31.8 Å². The van der Waals surface area contributed by atoms with Crippen LogP contribution in [0.3, 0.4) is 0 Å². The van der Waals surface area contributed by atoms with Gasteiger partial charge in [-0.3, -0.25) is 0 Å². The first-order valence-corrected chi connectivity index (χ1v) is 10.5. The lowest BCUT2D eigenvalue weighted by Gasteiger charge is -2.23. The first-order chi connectivity index (χ1) is 15.1. The van der Waals surface area contributed by atoms with E-state index in [1.165, 1.54) is 0 Å². The predicted octanol–water partition coefficient (Wildman–Crippen LogP) is 4.83. The van der Waals surface area contributed by atoms with Crippen LogP contribution in [0.5, 0.6) is 17.4 Å². The Balaban J connectivity index is 2.05. The molecular weight excluding hydrogens is 392 g/mol. The number of aromatic nitrogens is 2. The monoisotopic (exact) mass is 422 g/mol. The quantitative estimate of drug-likeness (QED) is 0.536. The number of methoxy groups -OCH3 is 1. The first-order valence-electron chi connectivity index (χ1n) is 10.5. The summed E-state index contributed by atoms with van der Waals surface area (Å²) in [5.41, 5.74) is 2.63. The van der Waals surface area contributed by atoms with Crippen molar-refractivity contribution < 1.29 is 14.3 Å². The number of carbonyl (C=O) groups is 1. The molecule has 164 valence electrons. The number of amides is 2. The number of rotatable bonds is 9. The second kappa shape index (κ2) is 10.5. The van der Waals surface area contributed by atoms with E-state index < -0.39 is 0 Å². The lowest BCUT2D eigenvalue weighted by Crippen LogP contribution is -2.39. The number of carbonyl (C=O) groups excluding carboxylic acids is 1. The highest BCUT2D eigenvalue weighted by Gasteiger charge is 2.24. The molecule has 2 aromatic carbocycles. The molecule has 0 saturated carbocycles. The van der Waals surface area contributed by atoms with Gasteiger partial charge in [0.25, 0.3) is 0 Å². The maximum Gasteiger partial charge on any atom is 0.317 e. The van der Waals surface area contributed by atoms with Crippen molar-refractivity contribution >= 4 is 6.03 Å². The van der Waals surface area contributed by atoms with Crippen LogP contribution in [0, 0.1) is 0 Å². The molecule has 1 aromatic heterocycles. The summed E-state index contributed by atoms with van der Waals surface area (Å²) in [4.78, 5) is 14.5. The Morgan fingerprint density at radius 2 is 1.84 bits per heavy atom. The molecule has 7 heteroatoms. The van der Waals surface area contributed by atoms with Gasteiger partial charge >= 0.3 is 6.03 Å². The molecule has 1 N–H and O–H groups in total. The van der Waals surface area contributed by atoms with E-state index in [0.29, 0.717) is 37.0 Å². The average molecular weight is 423 g/mol. The van der Waals surface area contributed by atoms with Crippen LogP contribution in [0.15, 0.2) is 54.6 Å². The van der Waals surface area contributed by atoms with Gasteiger partial charge in [-0.15, -0.1) is 0 Å². The fourth-order valence-corrected chi connectivity index (χ4v) is 3.40. The number of hydrogen-bond donors (Lipinski definition) is 1. The van der Waals surface area contributed by atoms with Crippen LogP contribution >= 0.6 is 0 Å². The van der Waals surface area contributed by atoms with Gasteiger partial charge in [-0.25, -0.2) is 9.48 Å². The van der Waals surface area contributed by atoms with E-state index >= 15 is 0 Å².